The molecular weight excluding hydrogens is 482 g/mol. The molecular formula is C27H43NO9. The van der Waals surface area contributed by atoms with Crippen LogP contribution in [0.15, 0.2) is 0 Å². The minimum atomic E-state index is -2.10. The highest BCUT2D eigenvalue weighted by atomic mass is 16.7. The molecule has 4 aliphatic carbocycles. The van der Waals surface area contributed by atoms with Crippen molar-refractivity contribution in [2.75, 3.05) is 13.1 Å². The standard InChI is InChI=1S/C27H43NO9/c1-11-4-5-14-24(3,34)16-12(10-28(14)9-11)13-8-25-21(26(13,35)22(33)17(16)30)19(32)18(31)20-23(25,2)7-6-15(29)27(20,36)37-25/h11-22,29-36H,4-10H2,1-3H3/t11-,12-,13-,14-,15-,16+,17+,18-,19+,20-,21+,22-,23-,24?,25+,26-,27+/m0/s1. The summed E-state index contributed by atoms with van der Waals surface area (Å²) in [7, 11) is 0. The van der Waals surface area contributed by atoms with Crippen LogP contribution in [0.3, 0.4) is 0 Å². The molecule has 1 unspecified atom stereocenters. The maximum Gasteiger partial charge on any atom is 0.198 e. The van der Waals surface area contributed by atoms with Crippen LogP contribution in [-0.4, -0.2) is 118 Å². The van der Waals surface area contributed by atoms with E-state index in [1.165, 1.54) is 0 Å². The number of aliphatic hydroxyl groups is 8. The molecule has 4 saturated carbocycles. The third-order valence-corrected chi connectivity index (χ3v) is 12.9. The Labute approximate surface area is 216 Å². The van der Waals surface area contributed by atoms with E-state index in [2.05, 4.69) is 11.8 Å². The monoisotopic (exact) mass is 525 g/mol. The van der Waals surface area contributed by atoms with E-state index in [-0.39, 0.29) is 18.9 Å². The molecule has 3 heterocycles. The molecule has 37 heavy (non-hydrogen) atoms. The van der Waals surface area contributed by atoms with E-state index in [1.807, 2.05) is 6.92 Å². The Kier molecular flexibility index (Phi) is 5.02. The molecule has 7 aliphatic rings. The van der Waals surface area contributed by atoms with Crippen LogP contribution in [0.5, 0.6) is 0 Å². The lowest BCUT2D eigenvalue weighted by Gasteiger charge is -2.63. The van der Waals surface area contributed by atoms with Crippen molar-refractivity contribution in [3.05, 3.63) is 0 Å². The molecule has 4 bridgehead atoms. The summed E-state index contributed by atoms with van der Waals surface area (Å²) in [6.07, 6.45) is -4.91. The first-order valence-corrected chi connectivity index (χ1v) is 14.2. The quantitative estimate of drug-likeness (QED) is 0.179. The van der Waals surface area contributed by atoms with Crippen molar-refractivity contribution in [3.63, 3.8) is 0 Å². The van der Waals surface area contributed by atoms with Gasteiger partial charge in [-0.25, -0.2) is 0 Å². The van der Waals surface area contributed by atoms with Crippen molar-refractivity contribution in [1.82, 2.24) is 4.90 Å². The Morgan fingerprint density at radius 3 is 2.22 bits per heavy atom. The molecule has 0 aromatic heterocycles. The number of aliphatic hydroxyl groups excluding tert-OH is 5. The van der Waals surface area contributed by atoms with Gasteiger partial charge in [0.2, 0.25) is 0 Å². The van der Waals surface area contributed by atoms with Gasteiger partial charge in [-0.2, -0.15) is 0 Å². The fraction of sp³-hybridized carbons (Fsp3) is 1.00. The van der Waals surface area contributed by atoms with Crippen LogP contribution in [0.1, 0.15) is 52.9 Å². The zero-order valence-corrected chi connectivity index (χ0v) is 21.8. The number of hydrogen-bond donors (Lipinski definition) is 8. The molecule has 1 spiro atoms. The maximum absolute atomic E-state index is 12.5. The molecule has 7 fully saturated rings. The normalized spacial score (nSPS) is 68.5. The van der Waals surface area contributed by atoms with Gasteiger partial charge in [0.1, 0.15) is 17.8 Å². The third-order valence-electron chi connectivity index (χ3n) is 12.9. The van der Waals surface area contributed by atoms with E-state index in [0.29, 0.717) is 18.9 Å². The summed E-state index contributed by atoms with van der Waals surface area (Å²) in [5, 5.41) is 92.8. The van der Waals surface area contributed by atoms with Crippen LogP contribution < -0.4 is 0 Å². The zero-order valence-electron chi connectivity index (χ0n) is 21.8. The fourth-order valence-electron chi connectivity index (χ4n) is 11.4. The van der Waals surface area contributed by atoms with Crippen LogP contribution in [0.2, 0.25) is 0 Å². The predicted molar refractivity (Wildman–Crippen MR) is 128 cm³/mol. The Bertz CT molecular complexity index is 997. The highest BCUT2D eigenvalue weighted by Crippen LogP contribution is 2.76. The maximum atomic E-state index is 12.5. The van der Waals surface area contributed by atoms with Crippen molar-refractivity contribution in [3.8, 4) is 0 Å². The molecule has 0 radical (unpaired) electrons. The lowest BCUT2D eigenvalue weighted by atomic mass is 9.48. The van der Waals surface area contributed by atoms with E-state index in [9.17, 15) is 40.9 Å². The number of hydrogen-bond acceptors (Lipinski definition) is 10. The number of piperidine rings is 2. The van der Waals surface area contributed by atoms with Crippen LogP contribution in [-0.2, 0) is 4.74 Å². The first-order chi connectivity index (χ1) is 17.2. The van der Waals surface area contributed by atoms with Crippen LogP contribution in [0, 0.1) is 40.9 Å². The van der Waals surface area contributed by atoms with Crippen molar-refractivity contribution >= 4 is 0 Å². The zero-order chi connectivity index (χ0) is 26.7. The second-order valence-corrected chi connectivity index (χ2v) is 14.4. The van der Waals surface area contributed by atoms with Crippen LogP contribution in [0.25, 0.3) is 0 Å². The molecule has 7 rings (SSSR count). The van der Waals surface area contributed by atoms with E-state index in [4.69, 9.17) is 4.74 Å². The number of fused-ring (bicyclic) bond motifs is 5. The van der Waals surface area contributed by atoms with Gasteiger partial charge in [-0.15, -0.1) is 0 Å². The molecule has 8 N–H and O–H groups in total. The topological polar surface area (TPSA) is 174 Å². The van der Waals surface area contributed by atoms with Crippen LogP contribution >= 0.6 is 0 Å². The van der Waals surface area contributed by atoms with Gasteiger partial charge in [0.15, 0.2) is 5.79 Å². The van der Waals surface area contributed by atoms with Gasteiger partial charge in [-0.05, 0) is 56.8 Å². The fourth-order valence-corrected chi connectivity index (χ4v) is 11.4. The first kappa shape index (κ1) is 25.6. The average Bonchev–Trinajstić information content (AvgIpc) is 3.13. The Balaban J connectivity index is 1.39. The average molecular weight is 526 g/mol. The molecule has 0 amide bonds. The van der Waals surface area contributed by atoms with E-state index in [1.54, 1.807) is 6.92 Å². The minimum Gasteiger partial charge on any atom is -0.390 e. The van der Waals surface area contributed by atoms with E-state index in [0.717, 1.165) is 19.4 Å². The summed E-state index contributed by atoms with van der Waals surface area (Å²) < 4.78 is 6.42. The second kappa shape index (κ2) is 7.26. The second-order valence-electron chi connectivity index (χ2n) is 14.4. The molecule has 210 valence electrons. The molecule has 3 saturated heterocycles. The van der Waals surface area contributed by atoms with Crippen molar-refractivity contribution in [2.24, 2.45) is 40.9 Å². The van der Waals surface area contributed by atoms with Crippen molar-refractivity contribution < 1.29 is 45.6 Å². The minimum absolute atomic E-state index is 0.174. The molecule has 10 heteroatoms. The lowest BCUT2D eigenvalue weighted by molar-refractivity contribution is -0.296. The Hall–Kier alpha value is -0.400. The van der Waals surface area contributed by atoms with Gasteiger partial charge < -0.3 is 45.6 Å². The summed E-state index contributed by atoms with van der Waals surface area (Å²) in [6.45, 7) is 7.08. The van der Waals surface area contributed by atoms with Gasteiger partial charge in [0, 0.05) is 36.4 Å². The predicted octanol–water partition coefficient (Wildman–Crippen LogP) is -1.84. The highest BCUT2D eigenvalue weighted by Gasteiger charge is 2.88. The van der Waals surface area contributed by atoms with Crippen LogP contribution in [0.4, 0.5) is 0 Å². The van der Waals surface area contributed by atoms with Crippen molar-refractivity contribution in [1.29, 1.82) is 0 Å². The smallest absolute Gasteiger partial charge is 0.198 e. The summed E-state index contributed by atoms with van der Waals surface area (Å²) >= 11 is 0. The molecule has 3 aliphatic heterocycles. The molecule has 10 nitrogen and oxygen atoms in total. The van der Waals surface area contributed by atoms with Gasteiger partial charge >= 0.3 is 0 Å². The number of ether oxygens (including phenoxy) is 1. The van der Waals surface area contributed by atoms with Crippen molar-refractivity contribution in [2.45, 2.75) is 112 Å². The summed E-state index contributed by atoms with van der Waals surface area (Å²) in [5.41, 5.74) is -5.58. The molecule has 0 aromatic carbocycles. The van der Waals surface area contributed by atoms with E-state index >= 15 is 0 Å². The van der Waals surface area contributed by atoms with Gasteiger partial charge in [-0.1, -0.05) is 13.8 Å². The summed E-state index contributed by atoms with van der Waals surface area (Å²) in [4.78, 5) is 2.25. The SMILES string of the molecule is C[C@H]1CC[C@@H]2N(C1)C[C@@H]1[C@H]([C@@H](O)[C@H](O)[C@]3(O)[C@H]1C[C@@]14O[C@@]5(O)[C@@H]([C@@H](O)[C@@H](O)[C@@H]31)[C@]4(C)CC[C@@H]5O)C2(C)O. The largest absolute Gasteiger partial charge is 0.390 e. The Morgan fingerprint density at radius 2 is 1.51 bits per heavy atom. The van der Waals surface area contributed by atoms with Gasteiger partial charge in [-0.3, -0.25) is 4.90 Å². The molecule has 0 aromatic rings. The Morgan fingerprint density at radius 1 is 0.838 bits per heavy atom. The third kappa shape index (κ3) is 2.59. The molecule has 17 atom stereocenters. The summed E-state index contributed by atoms with van der Waals surface area (Å²) in [6, 6.07) is -0.174. The number of rotatable bonds is 0. The highest BCUT2D eigenvalue weighted by molar-refractivity contribution is 5.34. The first-order valence-electron chi connectivity index (χ1n) is 14.2. The summed E-state index contributed by atoms with van der Waals surface area (Å²) in [5.74, 6) is -5.64. The van der Waals surface area contributed by atoms with Gasteiger partial charge in [0.25, 0.3) is 0 Å². The van der Waals surface area contributed by atoms with E-state index < -0.39 is 88.1 Å². The lowest BCUT2D eigenvalue weighted by Crippen LogP contribution is -2.77. The number of nitrogens with zero attached hydrogens (tertiary/aromatic N) is 1. The van der Waals surface area contributed by atoms with Gasteiger partial charge in [0.05, 0.1) is 35.4 Å².